The van der Waals surface area contributed by atoms with E-state index in [2.05, 4.69) is 0 Å². The molecule has 1 aliphatic heterocycles. The average molecular weight is 304 g/mol. The lowest BCUT2D eigenvalue weighted by Crippen LogP contribution is -1.92. The fourth-order valence-electron chi connectivity index (χ4n) is 2.34. The van der Waals surface area contributed by atoms with Crippen LogP contribution in [0.3, 0.4) is 0 Å². The minimum absolute atomic E-state index is 0.0265. The number of benzene rings is 2. The average Bonchev–Trinajstić information content (AvgIpc) is 3.06. The summed E-state index contributed by atoms with van der Waals surface area (Å²) in [7, 11) is 1.61. The van der Waals surface area contributed by atoms with E-state index in [0.29, 0.717) is 11.5 Å². The molecule has 1 heterocycles. The molecule has 0 atom stereocenters. The fourth-order valence-corrected chi connectivity index (χ4v) is 2.34. The molecule has 2 aromatic rings. The quantitative estimate of drug-likeness (QED) is 0.811. The summed E-state index contributed by atoms with van der Waals surface area (Å²) in [5, 5.41) is 18.0. The van der Waals surface area contributed by atoms with Gasteiger partial charge in [-0.05, 0) is 47.0 Å². The topological polar surface area (TPSA) is 75.3 Å². The molecule has 0 spiro atoms. The van der Waals surface area contributed by atoms with Crippen LogP contribution in [-0.4, -0.2) is 13.9 Å². The van der Waals surface area contributed by atoms with Crippen LogP contribution in [0.2, 0.25) is 0 Å². The standard InChI is InChI=1S/C18H12N2O3/c1-21-15-4-2-13(3-5-15)16-8-18-17(22-11-23-18)7-14(16)6-12(9-19)10-20/h2-8H,11H2,1H3. The molecule has 0 radical (unpaired) electrons. The number of methoxy groups -OCH3 is 1. The van der Waals surface area contributed by atoms with E-state index in [4.69, 9.17) is 24.7 Å². The Hall–Kier alpha value is -3.44. The summed E-state index contributed by atoms with van der Waals surface area (Å²) in [6.07, 6.45) is 1.54. The van der Waals surface area contributed by atoms with Crippen LogP contribution in [0.4, 0.5) is 0 Å². The van der Waals surface area contributed by atoms with Crippen LogP contribution in [0.25, 0.3) is 17.2 Å². The van der Waals surface area contributed by atoms with Crippen molar-refractivity contribution < 1.29 is 14.2 Å². The molecule has 3 rings (SSSR count). The van der Waals surface area contributed by atoms with Crippen molar-refractivity contribution in [3.63, 3.8) is 0 Å². The molecule has 2 aromatic carbocycles. The highest BCUT2D eigenvalue weighted by molar-refractivity contribution is 5.81. The van der Waals surface area contributed by atoms with Gasteiger partial charge in [0.1, 0.15) is 23.5 Å². The van der Waals surface area contributed by atoms with E-state index in [-0.39, 0.29) is 12.4 Å². The maximum absolute atomic E-state index is 9.00. The van der Waals surface area contributed by atoms with Crippen molar-refractivity contribution in [2.24, 2.45) is 0 Å². The van der Waals surface area contributed by atoms with E-state index >= 15 is 0 Å². The maximum atomic E-state index is 9.00. The smallest absolute Gasteiger partial charge is 0.231 e. The summed E-state index contributed by atoms with van der Waals surface area (Å²) in [4.78, 5) is 0. The van der Waals surface area contributed by atoms with Crippen LogP contribution in [0.1, 0.15) is 5.56 Å². The fraction of sp³-hybridized carbons (Fsp3) is 0.111. The predicted molar refractivity (Wildman–Crippen MR) is 83.8 cm³/mol. The number of hydrogen-bond donors (Lipinski definition) is 0. The molecule has 0 saturated heterocycles. The maximum Gasteiger partial charge on any atom is 0.231 e. The molecule has 0 saturated carbocycles. The monoisotopic (exact) mass is 304 g/mol. The van der Waals surface area contributed by atoms with Crippen molar-refractivity contribution in [2.45, 2.75) is 0 Å². The first-order chi connectivity index (χ1) is 11.2. The molecule has 5 heteroatoms. The Morgan fingerprint density at radius 2 is 1.74 bits per heavy atom. The Labute approximate surface area is 133 Å². The van der Waals surface area contributed by atoms with Crippen LogP contribution in [0.5, 0.6) is 17.2 Å². The van der Waals surface area contributed by atoms with Gasteiger partial charge in [-0.1, -0.05) is 12.1 Å². The number of allylic oxidation sites excluding steroid dienone is 1. The van der Waals surface area contributed by atoms with E-state index in [0.717, 1.165) is 22.4 Å². The van der Waals surface area contributed by atoms with Gasteiger partial charge >= 0.3 is 0 Å². The van der Waals surface area contributed by atoms with Crippen molar-refractivity contribution in [1.29, 1.82) is 10.5 Å². The molecule has 0 unspecified atom stereocenters. The Bertz CT molecular complexity index is 840. The molecule has 1 aliphatic rings. The first-order valence-electron chi connectivity index (χ1n) is 6.85. The lowest BCUT2D eigenvalue weighted by atomic mass is 9.97. The lowest BCUT2D eigenvalue weighted by molar-refractivity contribution is 0.174. The zero-order valence-corrected chi connectivity index (χ0v) is 12.4. The zero-order valence-electron chi connectivity index (χ0n) is 12.4. The number of nitriles is 2. The van der Waals surface area contributed by atoms with Crippen LogP contribution >= 0.6 is 0 Å². The van der Waals surface area contributed by atoms with E-state index in [9.17, 15) is 0 Å². The van der Waals surface area contributed by atoms with Crippen molar-refractivity contribution in [3.05, 3.63) is 47.5 Å². The molecule has 0 fully saturated rings. The summed E-state index contributed by atoms with van der Waals surface area (Å²) in [6, 6.07) is 14.9. The third-order valence-electron chi connectivity index (χ3n) is 3.49. The van der Waals surface area contributed by atoms with Crippen LogP contribution in [0, 0.1) is 22.7 Å². The normalized spacial score (nSPS) is 11.3. The van der Waals surface area contributed by atoms with Crippen molar-refractivity contribution in [3.8, 4) is 40.5 Å². The molecule has 23 heavy (non-hydrogen) atoms. The molecule has 5 nitrogen and oxygen atoms in total. The minimum atomic E-state index is 0.0265. The molecule has 0 N–H and O–H groups in total. The van der Waals surface area contributed by atoms with E-state index in [1.54, 1.807) is 19.3 Å². The third kappa shape index (κ3) is 2.81. The van der Waals surface area contributed by atoms with Gasteiger partial charge in [-0.15, -0.1) is 0 Å². The number of rotatable bonds is 3. The summed E-state index contributed by atoms with van der Waals surface area (Å²) in [5.74, 6) is 1.99. The van der Waals surface area contributed by atoms with Crippen molar-refractivity contribution in [2.75, 3.05) is 13.9 Å². The van der Waals surface area contributed by atoms with Crippen LogP contribution in [-0.2, 0) is 0 Å². The number of hydrogen-bond acceptors (Lipinski definition) is 5. The van der Waals surface area contributed by atoms with Gasteiger partial charge in [0.15, 0.2) is 11.5 Å². The highest BCUT2D eigenvalue weighted by Crippen LogP contribution is 2.39. The molecule has 0 bridgehead atoms. The van der Waals surface area contributed by atoms with Gasteiger partial charge in [0, 0.05) is 0 Å². The highest BCUT2D eigenvalue weighted by Gasteiger charge is 2.17. The molecular weight excluding hydrogens is 292 g/mol. The Morgan fingerprint density at radius 1 is 1.09 bits per heavy atom. The van der Waals surface area contributed by atoms with Gasteiger partial charge < -0.3 is 14.2 Å². The summed E-state index contributed by atoms with van der Waals surface area (Å²) in [6.45, 7) is 0.161. The van der Waals surface area contributed by atoms with Gasteiger partial charge in [-0.25, -0.2) is 0 Å². The second kappa shape index (κ2) is 6.13. The Kier molecular flexibility index (Phi) is 3.86. The molecule has 112 valence electrons. The number of fused-ring (bicyclic) bond motifs is 1. The first kappa shape index (κ1) is 14.5. The predicted octanol–water partition coefficient (Wildman–Crippen LogP) is 3.52. The number of ether oxygens (including phenoxy) is 3. The van der Waals surface area contributed by atoms with E-state index in [1.165, 1.54) is 0 Å². The van der Waals surface area contributed by atoms with Crippen molar-refractivity contribution >= 4 is 6.08 Å². The van der Waals surface area contributed by atoms with Crippen LogP contribution < -0.4 is 14.2 Å². The zero-order chi connectivity index (χ0) is 16.2. The molecule has 0 amide bonds. The molecule has 0 aliphatic carbocycles. The summed E-state index contributed by atoms with van der Waals surface area (Å²) >= 11 is 0. The van der Waals surface area contributed by atoms with Gasteiger partial charge in [-0.2, -0.15) is 10.5 Å². The third-order valence-corrected chi connectivity index (χ3v) is 3.49. The second-order valence-corrected chi connectivity index (χ2v) is 4.80. The summed E-state index contributed by atoms with van der Waals surface area (Å²) < 4.78 is 16.0. The van der Waals surface area contributed by atoms with Crippen LogP contribution in [0.15, 0.2) is 42.0 Å². The van der Waals surface area contributed by atoms with Gasteiger partial charge in [-0.3, -0.25) is 0 Å². The molecule has 0 aromatic heterocycles. The minimum Gasteiger partial charge on any atom is -0.497 e. The molecular formula is C18H12N2O3. The van der Waals surface area contributed by atoms with E-state index < -0.39 is 0 Å². The highest BCUT2D eigenvalue weighted by atomic mass is 16.7. The van der Waals surface area contributed by atoms with E-state index in [1.807, 2.05) is 42.5 Å². The van der Waals surface area contributed by atoms with Crippen molar-refractivity contribution in [1.82, 2.24) is 0 Å². The second-order valence-electron chi connectivity index (χ2n) is 4.80. The first-order valence-corrected chi connectivity index (χ1v) is 6.85. The summed E-state index contributed by atoms with van der Waals surface area (Å²) in [5.41, 5.74) is 2.52. The SMILES string of the molecule is COc1ccc(-c2cc3c(cc2C=C(C#N)C#N)OCO3)cc1. The van der Waals surface area contributed by atoms with Gasteiger partial charge in [0.2, 0.25) is 6.79 Å². The Morgan fingerprint density at radius 3 is 2.35 bits per heavy atom. The van der Waals surface area contributed by atoms with Gasteiger partial charge in [0.05, 0.1) is 7.11 Å². The Balaban J connectivity index is 2.16. The van der Waals surface area contributed by atoms with Gasteiger partial charge in [0.25, 0.3) is 0 Å². The largest absolute Gasteiger partial charge is 0.497 e. The number of nitrogens with zero attached hydrogens (tertiary/aromatic N) is 2. The lowest BCUT2D eigenvalue weighted by Gasteiger charge is -2.09.